The number of amides is 1. The molecular formula is C18H24FN3O3. The van der Waals surface area contributed by atoms with Gasteiger partial charge in [0.15, 0.2) is 5.82 Å². The van der Waals surface area contributed by atoms with Gasteiger partial charge in [0.25, 0.3) is 0 Å². The lowest BCUT2D eigenvalue weighted by Gasteiger charge is -2.17. The molecule has 0 bridgehead atoms. The molecule has 1 N–H and O–H groups in total. The molecule has 0 fully saturated rings. The summed E-state index contributed by atoms with van der Waals surface area (Å²) in [5.41, 5.74) is 0.385. The van der Waals surface area contributed by atoms with Gasteiger partial charge >= 0.3 is 0 Å². The lowest BCUT2D eigenvalue weighted by molar-refractivity contribution is -0.121. The summed E-state index contributed by atoms with van der Waals surface area (Å²) in [7, 11) is 1.51. The summed E-state index contributed by atoms with van der Waals surface area (Å²) >= 11 is 0. The van der Waals surface area contributed by atoms with Crippen LogP contribution in [0.3, 0.4) is 0 Å². The van der Waals surface area contributed by atoms with E-state index in [0.717, 1.165) is 0 Å². The molecule has 1 heterocycles. The summed E-state index contributed by atoms with van der Waals surface area (Å²) in [6, 6.07) is 3.84. The highest BCUT2D eigenvalue weighted by molar-refractivity contribution is 5.76. The summed E-state index contributed by atoms with van der Waals surface area (Å²) < 4.78 is 23.8. The summed E-state index contributed by atoms with van der Waals surface area (Å²) in [5, 5.41) is 6.76. The van der Waals surface area contributed by atoms with Gasteiger partial charge in [-0.2, -0.15) is 4.98 Å². The zero-order chi connectivity index (χ0) is 18.6. The number of benzene rings is 1. The van der Waals surface area contributed by atoms with Crippen molar-refractivity contribution in [1.29, 1.82) is 0 Å². The van der Waals surface area contributed by atoms with E-state index in [-0.39, 0.29) is 29.6 Å². The Hall–Kier alpha value is -2.44. The fourth-order valence-electron chi connectivity index (χ4n) is 2.32. The predicted molar refractivity (Wildman–Crippen MR) is 90.8 cm³/mol. The van der Waals surface area contributed by atoms with Crippen molar-refractivity contribution in [3.05, 3.63) is 41.3 Å². The number of halogens is 1. The summed E-state index contributed by atoms with van der Waals surface area (Å²) in [5.74, 6) is 1.00. The normalized spacial score (nSPS) is 12.7. The van der Waals surface area contributed by atoms with E-state index in [0.29, 0.717) is 29.4 Å². The third-order valence-corrected chi connectivity index (χ3v) is 3.74. The van der Waals surface area contributed by atoms with Gasteiger partial charge in [0.1, 0.15) is 11.6 Å². The largest absolute Gasteiger partial charge is 0.496 e. The fourth-order valence-corrected chi connectivity index (χ4v) is 2.32. The Morgan fingerprint density at radius 1 is 1.40 bits per heavy atom. The number of aryl methyl sites for hydroxylation is 1. The molecule has 0 saturated carbocycles. The van der Waals surface area contributed by atoms with E-state index in [4.69, 9.17) is 9.26 Å². The Kier molecular flexibility index (Phi) is 5.77. The molecule has 0 saturated heterocycles. The molecule has 0 radical (unpaired) electrons. The summed E-state index contributed by atoms with van der Waals surface area (Å²) in [6.07, 6.45) is 0.551. The molecule has 2 aromatic rings. The van der Waals surface area contributed by atoms with E-state index >= 15 is 0 Å². The van der Waals surface area contributed by atoms with Gasteiger partial charge in [-0.1, -0.05) is 25.9 Å². The number of aromatic nitrogens is 2. The third-order valence-electron chi connectivity index (χ3n) is 3.74. The van der Waals surface area contributed by atoms with E-state index in [1.165, 1.54) is 19.2 Å². The highest BCUT2D eigenvalue weighted by Crippen LogP contribution is 2.26. The average molecular weight is 349 g/mol. The Balaban J connectivity index is 1.94. The maximum absolute atomic E-state index is 13.5. The molecule has 0 aliphatic rings. The van der Waals surface area contributed by atoms with Gasteiger partial charge in [-0.25, -0.2) is 4.39 Å². The first kappa shape index (κ1) is 18.9. The van der Waals surface area contributed by atoms with Crippen LogP contribution in [-0.2, 0) is 16.6 Å². The smallest absolute Gasteiger partial charge is 0.227 e. The van der Waals surface area contributed by atoms with Crippen LogP contribution < -0.4 is 10.1 Å². The number of hydrogen-bond acceptors (Lipinski definition) is 5. The van der Waals surface area contributed by atoms with Crippen molar-refractivity contribution in [3.63, 3.8) is 0 Å². The number of hydrogen-bond donors (Lipinski definition) is 1. The molecule has 1 atom stereocenters. The van der Waals surface area contributed by atoms with Crippen LogP contribution >= 0.6 is 0 Å². The van der Waals surface area contributed by atoms with Crippen molar-refractivity contribution >= 4 is 5.91 Å². The van der Waals surface area contributed by atoms with Crippen molar-refractivity contribution in [2.24, 2.45) is 0 Å². The zero-order valence-corrected chi connectivity index (χ0v) is 15.2. The standard InChI is InChI=1S/C18H24FN3O3/c1-11(13-10-12(19)6-7-14(13)24-5)20-15(23)8-9-16-21-17(22-25-16)18(2,3)4/h6-7,10-11H,8-9H2,1-5H3,(H,20,23). The molecule has 1 amide bonds. The quantitative estimate of drug-likeness (QED) is 0.865. The molecule has 1 aromatic carbocycles. The number of rotatable bonds is 6. The molecule has 0 spiro atoms. The van der Waals surface area contributed by atoms with Gasteiger partial charge in [0, 0.05) is 23.8 Å². The van der Waals surface area contributed by atoms with Crippen molar-refractivity contribution in [3.8, 4) is 5.75 Å². The Morgan fingerprint density at radius 3 is 2.72 bits per heavy atom. The zero-order valence-electron chi connectivity index (χ0n) is 15.2. The third kappa shape index (κ3) is 5.01. The number of nitrogens with one attached hydrogen (secondary N) is 1. The first-order valence-electron chi connectivity index (χ1n) is 8.16. The maximum Gasteiger partial charge on any atom is 0.227 e. The number of ether oxygens (including phenoxy) is 1. The van der Waals surface area contributed by atoms with Crippen molar-refractivity contribution < 1.29 is 18.4 Å². The maximum atomic E-state index is 13.5. The van der Waals surface area contributed by atoms with E-state index in [1.54, 1.807) is 13.0 Å². The van der Waals surface area contributed by atoms with Gasteiger partial charge in [-0.3, -0.25) is 4.79 Å². The Morgan fingerprint density at radius 2 is 2.12 bits per heavy atom. The van der Waals surface area contributed by atoms with E-state index in [2.05, 4.69) is 15.5 Å². The number of carbonyl (C=O) groups excluding carboxylic acids is 1. The lowest BCUT2D eigenvalue weighted by Crippen LogP contribution is -2.27. The van der Waals surface area contributed by atoms with E-state index in [1.807, 2.05) is 20.8 Å². The molecule has 7 heteroatoms. The van der Waals surface area contributed by atoms with Gasteiger partial charge in [0.2, 0.25) is 11.8 Å². The lowest BCUT2D eigenvalue weighted by atomic mass is 9.96. The first-order chi connectivity index (χ1) is 11.7. The number of methoxy groups -OCH3 is 1. The van der Waals surface area contributed by atoms with Crippen LogP contribution in [0, 0.1) is 5.82 Å². The van der Waals surface area contributed by atoms with E-state index in [9.17, 15) is 9.18 Å². The average Bonchev–Trinajstić information content (AvgIpc) is 3.02. The Bertz CT molecular complexity index is 737. The van der Waals surface area contributed by atoms with Crippen LogP contribution in [0.15, 0.2) is 22.7 Å². The fraction of sp³-hybridized carbons (Fsp3) is 0.500. The van der Waals surface area contributed by atoms with Crippen molar-refractivity contribution in [2.45, 2.75) is 52.0 Å². The van der Waals surface area contributed by atoms with Gasteiger partial charge < -0.3 is 14.6 Å². The molecule has 6 nitrogen and oxygen atoms in total. The molecule has 1 aromatic heterocycles. The minimum absolute atomic E-state index is 0.186. The van der Waals surface area contributed by atoms with Gasteiger partial charge in [0.05, 0.1) is 13.2 Å². The second kappa shape index (κ2) is 7.63. The van der Waals surface area contributed by atoms with Gasteiger partial charge in [-0.05, 0) is 25.1 Å². The van der Waals surface area contributed by atoms with Crippen LogP contribution in [0.5, 0.6) is 5.75 Å². The van der Waals surface area contributed by atoms with Gasteiger partial charge in [-0.15, -0.1) is 0 Å². The molecule has 136 valence electrons. The molecule has 2 rings (SSSR count). The highest BCUT2D eigenvalue weighted by Gasteiger charge is 2.21. The van der Waals surface area contributed by atoms with Crippen LogP contribution in [0.2, 0.25) is 0 Å². The van der Waals surface area contributed by atoms with Crippen molar-refractivity contribution in [1.82, 2.24) is 15.5 Å². The molecule has 0 aliphatic carbocycles. The molecule has 0 aliphatic heterocycles. The minimum atomic E-state index is -0.383. The molecule has 1 unspecified atom stereocenters. The summed E-state index contributed by atoms with van der Waals surface area (Å²) in [4.78, 5) is 16.5. The second-order valence-corrected chi connectivity index (χ2v) is 6.94. The topological polar surface area (TPSA) is 77.2 Å². The van der Waals surface area contributed by atoms with E-state index < -0.39 is 0 Å². The first-order valence-corrected chi connectivity index (χ1v) is 8.16. The second-order valence-electron chi connectivity index (χ2n) is 6.94. The van der Waals surface area contributed by atoms with Crippen LogP contribution in [0.4, 0.5) is 4.39 Å². The minimum Gasteiger partial charge on any atom is -0.496 e. The predicted octanol–water partition coefficient (Wildman–Crippen LogP) is 3.32. The Labute approximate surface area is 146 Å². The highest BCUT2D eigenvalue weighted by atomic mass is 19.1. The summed E-state index contributed by atoms with van der Waals surface area (Å²) in [6.45, 7) is 7.74. The van der Waals surface area contributed by atoms with Crippen LogP contribution in [0.1, 0.15) is 57.4 Å². The van der Waals surface area contributed by atoms with Crippen LogP contribution in [-0.4, -0.2) is 23.2 Å². The molecule has 25 heavy (non-hydrogen) atoms. The molecular weight excluding hydrogens is 325 g/mol. The number of nitrogens with zero attached hydrogens (tertiary/aromatic N) is 2. The van der Waals surface area contributed by atoms with Crippen LogP contribution in [0.25, 0.3) is 0 Å². The SMILES string of the molecule is COc1ccc(F)cc1C(C)NC(=O)CCc1nc(C(C)(C)C)no1. The number of carbonyl (C=O) groups is 1. The van der Waals surface area contributed by atoms with Crippen molar-refractivity contribution in [2.75, 3.05) is 7.11 Å². The monoisotopic (exact) mass is 349 g/mol.